The number of sulfonamides is 1. The van der Waals surface area contributed by atoms with E-state index in [-0.39, 0.29) is 16.7 Å². The number of anilines is 1. The van der Waals surface area contributed by atoms with E-state index in [0.717, 1.165) is 29.1 Å². The predicted octanol–water partition coefficient (Wildman–Crippen LogP) is 3.17. The van der Waals surface area contributed by atoms with E-state index in [0.29, 0.717) is 28.2 Å². The van der Waals surface area contributed by atoms with Gasteiger partial charge in [-0.3, -0.25) is 9.59 Å². The number of piperidine rings is 1. The summed E-state index contributed by atoms with van der Waals surface area (Å²) in [6, 6.07) is 13.5. The normalized spacial score (nSPS) is 19.3. The molecule has 0 bridgehead atoms. The van der Waals surface area contributed by atoms with Gasteiger partial charge >= 0.3 is 0 Å². The van der Waals surface area contributed by atoms with Crippen LogP contribution in [0.1, 0.15) is 23.1 Å². The molecule has 3 aromatic rings. The first-order chi connectivity index (χ1) is 15.7. The van der Waals surface area contributed by atoms with Crippen molar-refractivity contribution in [2.75, 3.05) is 18.4 Å². The second-order valence-corrected chi connectivity index (χ2v) is 11.1. The van der Waals surface area contributed by atoms with Crippen LogP contribution in [0.25, 0.3) is 21.7 Å². The van der Waals surface area contributed by atoms with Gasteiger partial charge in [0.25, 0.3) is 5.91 Å². The van der Waals surface area contributed by atoms with Crippen LogP contribution >= 0.6 is 11.3 Å². The maximum absolute atomic E-state index is 13.1. The number of benzene rings is 2. The number of amides is 2. The molecule has 170 valence electrons. The van der Waals surface area contributed by atoms with Crippen molar-refractivity contribution in [2.24, 2.45) is 17.0 Å². The van der Waals surface area contributed by atoms with Crippen LogP contribution in [0, 0.1) is 11.8 Å². The number of fused-ring (bicyclic) bond motifs is 1. The molecule has 2 atom stereocenters. The lowest BCUT2D eigenvalue weighted by Crippen LogP contribution is -2.30. The fraction of sp³-hybridized carbons (Fsp3) is 0.261. The number of rotatable bonds is 5. The molecule has 0 spiro atoms. The van der Waals surface area contributed by atoms with Crippen LogP contribution in [0.4, 0.5) is 5.69 Å². The molecule has 2 aromatic carbocycles. The van der Waals surface area contributed by atoms with Gasteiger partial charge in [-0.05, 0) is 48.1 Å². The number of aromatic nitrogens is 1. The Bertz CT molecular complexity index is 1340. The molecule has 1 saturated carbocycles. The SMILES string of the molecule is CC(=O)Nc1ccc(-c2nc(C(=O)N3CC4CC4C3)sc2-c2ccc(S(N)(=O)=O)cc2)cc1. The van der Waals surface area contributed by atoms with Crippen molar-refractivity contribution in [3.8, 4) is 21.7 Å². The van der Waals surface area contributed by atoms with Crippen molar-refractivity contribution >= 4 is 38.9 Å². The highest BCUT2D eigenvalue weighted by atomic mass is 32.2. The summed E-state index contributed by atoms with van der Waals surface area (Å²) in [5.41, 5.74) is 2.82. The van der Waals surface area contributed by atoms with E-state index in [1.165, 1.54) is 36.8 Å². The first-order valence-corrected chi connectivity index (χ1v) is 12.9. The average molecular weight is 483 g/mol. The van der Waals surface area contributed by atoms with Gasteiger partial charge in [-0.1, -0.05) is 24.3 Å². The van der Waals surface area contributed by atoms with Gasteiger partial charge in [0.15, 0.2) is 5.01 Å². The molecule has 1 saturated heterocycles. The molecule has 2 fully saturated rings. The first-order valence-electron chi connectivity index (χ1n) is 10.5. The van der Waals surface area contributed by atoms with E-state index in [9.17, 15) is 18.0 Å². The summed E-state index contributed by atoms with van der Waals surface area (Å²) in [4.78, 5) is 31.8. The van der Waals surface area contributed by atoms with E-state index in [1.54, 1.807) is 24.3 Å². The quantitative estimate of drug-likeness (QED) is 0.578. The number of likely N-dealkylation sites (tertiary alicyclic amines) is 1. The zero-order valence-electron chi connectivity index (χ0n) is 17.8. The number of nitrogens with zero attached hydrogens (tertiary/aromatic N) is 2. The van der Waals surface area contributed by atoms with Gasteiger partial charge in [0.2, 0.25) is 15.9 Å². The van der Waals surface area contributed by atoms with Crippen molar-refractivity contribution in [2.45, 2.75) is 18.2 Å². The molecule has 2 heterocycles. The molecule has 1 aliphatic carbocycles. The maximum atomic E-state index is 13.1. The molecule has 3 N–H and O–H groups in total. The van der Waals surface area contributed by atoms with Crippen LogP contribution in [0.2, 0.25) is 0 Å². The van der Waals surface area contributed by atoms with Crippen molar-refractivity contribution < 1.29 is 18.0 Å². The Morgan fingerprint density at radius 2 is 1.64 bits per heavy atom. The molecule has 5 rings (SSSR count). The van der Waals surface area contributed by atoms with Crippen molar-refractivity contribution in [1.82, 2.24) is 9.88 Å². The summed E-state index contributed by atoms with van der Waals surface area (Å²) in [7, 11) is -3.81. The lowest BCUT2D eigenvalue weighted by atomic mass is 10.1. The largest absolute Gasteiger partial charge is 0.336 e. The summed E-state index contributed by atoms with van der Waals surface area (Å²) < 4.78 is 23.3. The van der Waals surface area contributed by atoms with Crippen molar-refractivity contribution in [3.63, 3.8) is 0 Å². The van der Waals surface area contributed by atoms with E-state index >= 15 is 0 Å². The molecule has 0 radical (unpaired) electrons. The molecule has 2 amide bonds. The summed E-state index contributed by atoms with van der Waals surface area (Å²) in [5.74, 6) is 1.01. The van der Waals surface area contributed by atoms with E-state index in [2.05, 4.69) is 5.32 Å². The lowest BCUT2D eigenvalue weighted by Gasteiger charge is -2.15. The van der Waals surface area contributed by atoms with Gasteiger partial charge in [0.05, 0.1) is 15.5 Å². The molecule has 1 aliphatic heterocycles. The number of carbonyl (C=O) groups excluding carboxylic acids is 2. The summed E-state index contributed by atoms with van der Waals surface area (Å²) >= 11 is 1.29. The van der Waals surface area contributed by atoms with Gasteiger partial charge in [0, 0.05) is 31.3 Å². The predicted molar refractivity (Wildman–Crippen MR) is 126 cm³/mol. The van der Waals surface area contributed by atoms with Gasteiger partial charge in [0.1, 0.15) is 0 Å². The minimum atomic E-state index is -3.81. The van der Waals surface area contributed by atoms with Crippen LogP contribution in [0.3, 0.4) is 0 Å². The monoisotopic (exact) mass is 482 g/mol. The molecular formula is C23H22N4O4S2. The molecule has 10 heteroatoms. The second-order valence-electron chi connectivity index (χ2n) is 8.49. The Labute approximate surface area is 195 Å². The van der Waals surface area contributed by atoms with Crippen LogP contribution < -0.4 is 10.5 Å². The van der Waals surface area contributed by atoms with Gasteiger partial charge in [-0.15, -0.1) is 11.3 Å². The highest BCUT2D eigenvalue weighted by molar-refractivity contribution is 7.89. The highest BCUT2D eigenvalue weighted by Gasteiger charge is 2.47. The van der Waals surface area contributed by atoms with Crippen LogP contribution in [-0.2, 0) is 14.8 Å². The number of carbonyl (C=O) groups is 2. The minimum absolute atomic E-state index is 0.0181. The zero-order valence-corrected chi connectivity index (χ0v) is 19.4. The van der Waals surface area contributed by atoms with E-state index < -0.39 is 10.0 Å². The summed E-state index contributed by atoms with van der Waals surface area (Å²) in [6.07, 6.45) is 1.20. The summed E-state index contributed by atoms with van der Waals surface area (Å²) in [5, 5.41) is 8.36. The topological polar surface area (TPSA) is 122 Å². The fourth-order valence-electron chi connectivity index (χ4n) is 4.21. The molecule has 2 unspecified atom stereocenters. The standard InChI is InChI=1S/C23H22N4O4S2/c1-13(28)25-18-6-2-14(3-7-18)20-21(15-4-8-19(9-5-15)33(24,30)31)32-22(26-20)23(29)27-11-16-10-17(16)12-27/h2-9,16-17H,10-12H2,1H3,(H,25,28)(H2,24,30,31). The van der Waals surface area contributed by atoms with Gasteiger partial charge in [-0.25, -0.2) is 18.5 Å². The Morgan fingerprint density at radius 1 is 1.03 bits per heavy atom. The van der Waals surface area contributed by atoms with Crippen molar-refractivity contribution in [3.05, 3.63) is 53.5 Å². The zero-order chi connectivity index (χ0) is 23.3. The number of nitrogens with one attached hydrogen (secondary N) is 1. The first kappa shape index (κ1) is 21.7. The Hall–Kier alpha value is -3.08. The molecule has 2 aliphatic rings. The third kappa shape index (κ3) is 4.41. The Morgan fingerprint density at radius 3 is 2.21 bits per heavy atom. The summed E-state index contributed by atoms with van der Waals surface area (Å²) in [6.45, 7) is 3.00. The lowest BCUT2D eigenvalue weighted by molar-refractivity contribution is -0.114. The number of hydrogen-bond donors (Lipinski definition) is 2. The molecule has 8 nitrogen and oxygen atoms in total. The highest BCUT2D eigenvalue weighted by Crippen LogP contribution is 2.46. The third-order valence-electron chi connectivity index (χ3n) is 6.00. The van der Waals surface area contributed by atoms with E-state index in [4.69, 9.17) is 10.1 Å². The molecular weight excluding hydrogens is 460 g/mol. The van der Waals surface area contributed by atoms with Gasteiger partial charge < -0.3 is 10.2 Å². The number of thiazole rings is 1. The minimum Gasteiger partial charge on any atom is -0.336 e. The Balaban J connectivity index is 1.53. The van der Waals surface area contributed by atoms with E-state index in [1.807, 2.05) is 17.0 Å². The molecule has 1 aromatic heterocycles. The number of hydrogen-bond acceptors (Lipinski definition) is 6. The smallest absolute Gasteiger partial charge is 0.282 e. The van der Waals surface area contributed by atoms with Crippen molar-refractivity contribution in [1.29, 1.82) is 0 Å². The number of primary sulfonamides is 1. The Kier molecular flexibility index (Phi) is 5.31. The molecule has 33 heavy (non-hydrogen) atoms. The second kappa shape index (κ2) is 8.05. The van der Waals surface area contributed by atoms with Crippen LogP contribution in [0.15, 0.2) is 53.4 Å². The van der Waals surface area contributed by atoms with Gasteiger partial charge in [-0.2, -0.15) is 0 Å². The average Bonchev–Trinajstić information content (AvgIpc) is 3.18. The van der Waals surface area contributed by atoms with Crippen LogP contribution in [-0.4, -0.2) is 43.2 Å². The number of nitrogens with two attached hydrogens (primary N) is 1. The maximum Gasteiger partial charge on any atom is 0.282 e. The third-order valence-corrected chi connectivity index (χ3v) is 8.02. The fourth-order valence-corrected chi connectivity index (χ4v) is 5.79. The van der Waals surface area contributed by atoms with Crippen LogP contribution in [0.5, 0.6) is 0 Å².